The van der Waals surface area contributed by atoms with E-state index in [0.717, 1.165) is 47.5 Å². The average molecular weight is 360 g/mol. The lowest BCUT2D eigenvalue weighted by molar-refractivity contribution is 0.0993. The second-order valence-corrected chi connectivity index (χ2v) is 6.41. The Balaban J connectivity index is 1.61. The lowest BCUT2D eigenvalue weighted by atomic mass is 9.93. The summed E-state index contributed by atoms with van der Waals surface area (Å²) in [6.45, 7) is 1.90. The monoisotopic (exact) mass is 360 g/mol. The van der Waals surface area contributed by atoms with Crippen molar-refractivity contribution in [1.82, 2.24) is 4.98 Å². The van der Waals surface area contributed by atoms with E-state index < -0.39 is 0 Å². The summed E-state index contributed by atoms with van der Waals surface area (Å²) in [5, 5.41) is 7.36. The van der Waals surface area contributed by atoms with Crippen molar-refractivity contribution >= 4 is 23.1 Å². The molecule has 2 heterocycles. The van der Waals surface area contributed by atoms with Crippen LogP contribution in [0.4, 0.5) is 11.5 Å². The van der Waals surface area contributed by atoms with Crippen LogP contribution in [0.3, 0.4) is 0 Å². The summed E-state index contributed by atoms with van der Waals surface area (Å²) in [4.78, 5) is 16.8. The fourth-order valence-corrected chi connectivity index (χ4v) is 3.25. The van der Waals surface area contributed by atoms with E-state index in [0.29, 0.717) is 11.6 Å². The summed E-state index contributed by atoms with van der Waals surface area (Å²) in [7, 11) is 0. The van der Waals surface area contributed by atoms with Crippen LogP contribution in [0.25, 0.3) is 0 Å². The van der Waals surface area contributed by atoms with Crippen molar-refractivity contribution in [2.24, 2.45) is 5.10 Å². The first kappa shape index (κ1) is 17.0. The number of carbonyl (C=O) groups is 1. The summed E-state index contributed by atoms with van der Waals surface area (Å²) in [6.07, 6.45) is 4.22. The molecule has 1 amide bonds. The molecule has 0 bridgehead atoms. The zero-order chi connectivity index (χ0) is 18.6. The zero-order valence-electron chi connectivity index (χ0n) is 15.0. The van der Waals surface area contributed by atoms with Gasteiger partial charge in [0.15, 0.2) is 5.76 Å². The number of furan rings is 1. The van der Waals surface area contributed by atoms with Crippen LogP contribution >= 0.6 is 0 Å². The van der Waals surface area contributed by atoms with Crippen molar-refractivity contribution in [3.05, 3.63) is 77.4 Å². The Kier molecular flexibility index (Phi) is 4.70. The van der Waals surface area contributed by atoms with Gasteiger partial charge in [0, 0.05) is 23.7 Å². The molecular weight excluding hydrogens is 340 g/mol. The first-order valence-electron chi connectivity index (χ1n) is 8.95. The fourth-order valence-electron chi connectivity index (χ4n) is 3.25. The van der Waals surface area contributed by atoms with E-state index in [9.17, 15) is 4.79 Å². The number of para-hydroxylation sites is 1. The van der Waals surface area contributed by atoms with Gasteiger partial charge < -0.3 is 9.73 Å². The molecule has 1 aliphatic rings. The molecule has 0 fully saturated rings. The molecule has 2 aromatic heterocycles. The maximum absolute atomic E-state index is 12.6. The number of fused-ring (bicyclic) bond motifs is 1. The average Bonchev–Trinajstić information content (AvgIpc) is 3.05. The van der Waals surface area contributed by atoms with Crippen LogP contribution in [0, 0.1) is 6.92 Å². The van der Waals surface area contributed by atoms with Crippen molar-refractivity contribution in [2.75, 3.05) is 10.7 Å². The first-order chi connectivity index (χ1) is 13.2. The lowest BCUT2D eigenvalue weighted by Crippen LogP contribution is -2.15. The standard InChI is InChI=1S/C21H20N4O2/c1-14-19-16(25-24-15-8-3-2-4-9-15)10-7-11-17(19)27-20(14)21(26)23-18-12-5-6-13-22-18/h2-6,8-9,12-13,24H,7,10-11H2,1H3,(H,22,23,26)/b25-16+. The van der Waals surface area contributed by atoms with Crippen LogP contribution in [0.1, 0.15) is 40.3 Å². The molecule has 6 nitrogen and oxygen atoms in total. The Bertz CT molecular complexity index is 978. The zero-order valence-corrected chi connectivity index (χ0v) is 15.0. The normalized spacial score (nSPS) is 14.6. The van der Waals surface area contributed by atoms with Crippen molar-refractivity contribution in [3.8, 4) is 0 Å². The molecule has 4 rings (SSSR count). The Morgan fingerprint density at radius 1 is 1.11 bits per heavy atom. The number of nitrogens with one attached hydrogen (secondary N) is 2. The van der Waals surface area contributed by atoms with E-state index in [-0.39, 0.29) is 5.91 Å². The molecule has 0 unspecified atom stereocenters. The van der Waals surface area contributed by atoms with Gasteiger partial charge in [-0.15, -0.1) is 0 Å². The van der Waals surface area contributed by atoms with E-state index >= 15 is 0 Å². The predicted octanol–water partition coefficient (Wildman–Crippen LogP) is 4.39. The number of anilines is 2. The summed E-state index contributed by atoms with van der Waals surface area (Å²) in [5.41, 5.74) is 6.69. The van der Waals surface area contributed by atoms with Gasteiger partial charge >= 0.3 is 0 Å². The van der Waals surface area contributed by atoms with Crippen LogP contribution in [-0.2, 0) is 6.42 Å². The largest absolute Gasteiger partial charge is 0.455 e. The van der Waals surface area contributed by atoms with Gasteiger partial charge in [-0.3, -0.25) is 10.2 Å². The molecule has 27 heavy (non-hydrogen) atoms. The maximum Gasteiger partial charge on any atom is 0.292 e. The molecule has 0 atom stereocenters. The number of aryl methyl sites for hydroxylation is 1. The summed E-state index contributed by atoms with van der Waals surface area (Å²) in [6, 6.07) is 15.2. The number of hydrogen-bond donors (Lipinski definition) is 2. The molecule has 0 saturated heterocycles. The van der Waals surface area contributed by atoms with Crippen LogP contribution < -0.4 is 10.7 Å². The van der Waals surface area contributed by atoms with Crippen molar-refractivity contribution in [3.63, 3.8) is 0 Å². The number of amides is 1. The molecule has 6 heteroatoms. The highest BCUT2D eigenvalue weighted by atomic mass is 16.4. The number of aromatic nitrogens is 1. The van der Waals surface area contributed by atoms with Crippen LogP contribution in [0.2, 0.25) is 0 Å². The molecule has 0 spiro atoms. The van der Waals surface area contributed by atoms with E-state index in [1.165, 1.54) is 0 Å². The smallest absolute Gasteiger partial charge is 0.292 e. The minimum Gasteiger partial charge on any atom is -0.455 e. The highest BCUT2D eigenvalue weighted by Crippen LogP contribution is 2.30. The topological polar surface area (TPSA) is 79.5 Å². The van der Waals surface area contributed by atoms with Crippen molar-refractivity contribution < 1.29 is 9.21 Å². The molecule has 1 aromatic carbocycles. The number of hydrazone groups is 1. The summed E-state index contributed by atoms with van der Waals surface area (Å²) < 4.78 is 5.90. The molecule has 0 saturated carbocycles. The Morgan fingerprint density at radius 3 is 2.70 bits per heavy atom. The fraction of sp³-hybridized carbons (Fsp3) is 0.190. The van der Waals surface area contributed by atoms with Gasteiger partial charge in [0.25, 0.3) is 5.91 Å². The number of pyridine rings is 1. The number of nitrogens with zero attached hydrogens (tertiary/aromatic N) is 2. The SMILES string of the molecule is Cc1c(C(=O)Nc2ccccn2)oc2c1/C(=N/Nc1ccccc1)CCC2. The van der Waals surface area contributed by atoms with Crippen LogP contribution in [-0.4, -0.2) is 16.6 Å². The maximum atomic E-state index is 12.6. The van der Waals surface area contributed by atoms with E-state index in [1.54, 1.807) is 18.3 Å². The van der Waals surface area contributed by atoms with Gasteiger partial charge in [0.1, 0.15) is 11.6 Å². The Labute approximate surface area is 157 Å². The quantitative estimate of drug-likeness (QED) is 0.676. The van der Waals surface area contributed by atoms with Crippen molar-refractivity contribution in [2.45, 2.75) is 26.2 Å². The first-order valence-corrected chi connectivity index (χ1v) is 8.95. The summed E-state index contributed by atoms with van der Waals surface area (Å²) >= 11 is 0. The van der Waals surface area contributed by atoms with E-state index in [1.807, 2.05) is 43.3 Å². The van der Waals surface area contributed by atoms with Gasteiger partial charge in [0.05, 0.1) is 11.4 Å². The van der Waals surface area contributed by atoms with Crippen LogP contribution in [0.15, 0.2) is 64.2 Å². The number of benzene rings is 1. The minimum atomic E-state index is -0.295. The molecule has 0 aliphatic heterocycles. The van der Waals surface area contributed by atoms with Crippen LogP contribution in [0.5, 0.6) is 0 Å². The lowest BCUT2D eigenvalue weighted by Gasteiger charge is -2.13. The molecule has 136 valence electrons. The molecule has 2 N–H and O–H groups in total. The second kappa shape index (κ2) is 7.45. The van der Waals surface area contributed by atoms with Gasteiger partial charge in [-0.25, -0.2) is 4.98 Å². The van der Waals surface area contributed by atoms with Gasteiger partial charge in [-0.2, -0.15) is 5.10 Å². The third kappa shape index (κ3) is 3.60. The van der Waals surface area contributed by atoms with E-state index in [4.69, 9.17) is 4.42 Å². The third-order valence-corrected chi connectivity index (χ3v) is 4.53. The Hall–Kier alpha value is -3.41. The Morgan fingerprint density at radius 2 is 1.93 bits per heavy atom. The van der Waals surface area contributed by atoms with Gasteiger partial charge in [-0.05, 0) is 44.0 Å². The number of carbonyl (C=O) groups excluding carboxylic acids is 1. The third-order valence-electron chi connectivity index (χ3n) is 4.53. The number of rotatable bonds is 4. The highest BCUT2D eigenvalue weighted by molar-refractivity contribution is 6.09. The minimum absolute atomic E-state index is 0.295. The summed E-state index contributed by atoms with van der Waals surface area (Å²) in [5.74, 6) is 1.34. The molecular formula is C21H20N4O2. The highest BCUT2D eigenvalue weighted by Gasteiger charge is 2.28. The van der Waals surface area contributed by atoms with Crippen molar-refractivity contribution in [1.29, 1.82) is 0 Å². The van der Waals surface area contributed by atoms with Gasteiger partial charge in [-0.1, -0.05) is 24.3 Å². The number of hydrogen-bond acceptors (Lipinski definition) is 5. The molecule has 0 radical (unpaired) electrons. The molecule has 3 aromatic rings. The second-order valence-electron chi connectivity index (χ2n) is 6.41. The molecule has 1 aliphatic carbocycles. The predicted molar refractivity (Wildman–Crippen MR) is 105 cm³/mol. The van der Waals surface area contributed by atoms with E-state index in [2.05, 4.69) is 20.8 Å². The van der Waals surface area contributed by atoms with Gasteiger partial charge in [0.2, 0.25) is 0 Å².